The van der Waals surface area contributed by atoms with Crippen molar-refractivity contribution >= 4 is 11.7 Å². The molecule has 1 fully saturated rings. The van der Waals surface area contributed by atoms with Crippen molar-refractivity contribution in [3.05, 3.63) is 41.4 Å². The van der Waals surface area contributed by atoms with Gasteiger partial charge >= 0.3 is 0 Å². The Kier molecular flexibility index (Phi) is 5.36. The first kappa shape index (κ1) is 17.5. The van der Waals surface area contributed by atoms with E-state index in [-0.39, 0.29) is 5.91 Å². The summed E-state index contributed by atoms with van der Waals surface area (Å²) in [6, 6.07) is 5.96. The molecule has 6 heteroatoms. The molecule has 0 aliphatic carbocycles. The van der Waals surface area contributed by atoms with E-state index < -0.39 is 0 Å². The molecule has 0 bridgehead atoms. The van der Waals surface area contributed by atoms with Crippen LogP contribution < -0.4 is 4.90 Å². The summed E-state index contributed by atoms with van der Waals surface area (Å²) in [6.07, 6.45) is 5.72. The third-order valence-electron chi connectivity index (χ3n) is 4.68. The van der Waals surface area contributed by atoms with Crippen LogP contribution in [0.25, 0.3) is 0 Å². The van der Waals surface area contributed by atoms with Crippen molar-refractivity contribution in [3.8, 4) is 0 Å². The molecule has 134 valence electrons. The normalized spacial score (nSPS) is 17.6. The summed E-state index contributed by atoms with van der Waals surface area (Å²) < 4.78 is 5.26. The van der Waals surface area contributed by atoms with Gasteiger partial charge in [0.25, 0.3) is 5.91 Å². The second-order valence-corrected chi connectivity index (χ2v) is 6.86. The van der Waals surface area contributed by atoms with Gasteiger partial charge in [-0.1, -0.05) is 12.1 Å². The average Bonchev–Trinajstić information content (AvgIpc) is 3.10. The number of likely N-dealkylation sites (tertiary alicyclic amines) is 1. The molecule has 3 rings (SSSR count). The van der Waals surface area contributed by atoms with Crippen LogP contribution in [0.2, 0.25) is 0 Å². The molecule has 1 amide bonds. The fourth-order valence-corrected chi connectivity index (χ4v) is 3.31. The minimum absolute atomic E-state index is 0.0299. The zero-order valence-electron chi connectivity index (χ0n) is 15.2. The lowest BCUT2D eigenvalue weighted by molar-refractivity contribution is 0.0696. The maximum atomic E-state index is 12.8. The zero-order valence-corrected chi connectivity index (χ0v) is 15.2. The first-order valence-corrected chi connectivity index (χ1v) is 8.96. The number of rotatable bonds is 5. The Balaban J connectivity index is 1.72. The number of pyridine rings is 1. The fourth-order valence-electron chi connectivity index (χ4n) is 3.31. The van der Waals surface area contributed by atoms with E-state index in [4.69, 9.17) is 4.52 Å². The van der Waals surface area contributed by atoms with Gasteiger partial charge in [-0.15, -0.1) is 0 Å². The summed E-state index contributed by atoms with van der Waals surface area (Å²) in [7, 11) is 3.97. The van der Waals surface area contributed by atoms with Crippen LogP contribution >= 0.6 is 0 Å². The van der Waals surface area contributed by atoms with Crippen molar-refractivity contribution in [2.75, 3.05) is 32.1 Å². The highest BCUT2D eigenvalue weighted by Crippen LogP contribution is 2.29. The van der Waals surface area contributed by atoms with Gasteiger partial charge < -0.3 is 14.3 Å². The molecule has 3 heterocycles. The molecular weight excluding hydrogens is 316 g/mol. The quantitative estimate of drug-likeness (QED) is 0.835. The highest BCUT2D eigenvalue weighted by Gasteiger charge is 2.27. The minimum Gasteiger partial charge on any atom is -0.363 e. The Morgan fingerprint density at radius 3 is 3.00 bits per heavy atom. The van der Waals surface area contributed by atoms with Crippen molar-refractivity contribution in [1.29, 1.82) is 0 Å². The van der Waals surface area contributed by atoms with Gasteiger partial charge in [0.2, 0.25) is 0 Å². The lowest BCUT2D eigenvalue weighted by atomic mass is 9.91. The van der Waals surface area contributed by atoms with Gasteiger partial charge in [-0.2, -0.15) is 0 Å². The van der Waals surface area contributed by atoms with Crippen molar-refractivity contribution < 1.29 is 9.32 Å². The van der Waals surface area contributed by atoms with Crippen molar-refractivity contribution in [2.24, 2.45) is 0 Å². The maximum absolute atomic E-state index is 12.8. The molecule has 0 spiro atoms. The Morgan fingerprint density at radius 1 is 1.40 bits per heavy atom. The number of nitrogens with zero attached hydrogens (tertiary/aromatic N) is 4. The maximum Gasteiger partial charge on any atom is 0.276 e. The molecule has 25 heavy (non-hydrogen) atoms. The molecule has 0 aromatic carbocycles. The van der Waals surface area contributed by atoms with E-state index in [9.17, 15) is 4.79 Å². The second kappa shape index (κ2) is 7.68. The molecule has 0 radical (unpaired) electrons. The lowest BCUT2D eigenvalue weighted by Gasteiger charge is -2.32. The number of hydrogen-bond donors (Lipinski definition) is 0. The average molecular weight is 342 g/mol. The molecule has 2 aromatic heterocycles. The van der Waals surface area contributed by atoms with Crippen LogP contribution in [0.3, 0.4) is 0 Å². The smallest absolute Gasteiger partial charge is 0.276 e. The summed E-state index contributed by atoms with van der Waals surface area (Å²) in [4.78, 5) is 21.0. The van der Waals surface area contributed by atoms with E-state index in [0.29, 0.717) is 18.2 Å². The number of carbonyl (C=O) groups is 1. The van der Waals surface area contributed by atoms with Gasteiger partial charge in [-0.25, -0.2) is 4.98 Å². The van der Waals surface area contributed by atoms with Crippen LogP contribution in [-0.2, 0) is 6.42 Å². The van der Waals surface area contributed by atoms with E-state index in [1.54, 1.807) is 6.07 Å². The Bertz CT molecular complexity index is 726. The highest BCUT2D eigenvalue weighted by atomic mass is 16.5. The molecule has 1 aliphatic heterocycles. The Labute approximate surface area is 148 Å². The van der Waals surface area contributed by atoms with Crippen LogP contribution in [0, 0.1) is 0 Å². The second-order valence-electron chi connectivity index (χ2n) is 6.86. The Hall–Kier alpha value is -2.37. The third-order valence-corrected chi connectivity index (χ3v) is 4.68. The summed E-state index contributed by atoms with van der Waals surface area (Å²) in [5, 5.41) is 3.96. The van der Waals surface area contributed by atoms with Gasteiger partial charge in [-0.05, 0) is 37.0 Å². The number of aromatic nitrogens is 2. The standard InChI is InChI=1S/C19H26N4O2/c1-4-6-16-12-17(21-25-16)19(24)23-10-5-7-15(13-23)14-8-9-20-18(11-14)22(2)3/h8-9,11-12,15H,4-7,10,13H2,1-3H3/t15-/m0/s1. The topological polar surface area (TPSA) is 62.5 Å². The summed E-state index contributed by atoms with van der Waals surface area (Å²) in [5.41, 5.74) is 1.66. The van der Waals surface area contributed by atoms with Crippen LogP contribution in [0.15, 0.2) is 28.9 Å². The molecule has 1 atom stereocenters. The van der Waals surface area contributed by atoms with Crippen molar-refractivity contribution in [3.63, 3.8) is 0 Å². The van der Waals surface area contributed by atoms with E-state index in [2.05, 4.69) is 29.2 Å². The van der Waals surface area contributed by atoms with Crippen molar-refractivity contribution in [1.82, 2.24) is 15.0 Å². The monoisotopic (exact) mass is 342 g/mol. The van der Waals surface area contributed by atoms with Crippen LogP contribution in [-0.4, -0.2) is 48.1 Å². The van der Waals surface area contributed by atoms with Crippen molar-refractivity contribution in [2.45, 2.75) is 38.5 Å². The third kappa shape index (κ3) is 4.00. The summed E-state index contributed by atoms with van der Waals surface area (Å²) >= 11 is 0. The largest absolute Gasteiger partial charge is 0.363 e. The molecule has 6 nitrogen and oxygen atoms in total. The van der Waals surface area contributed by atoms with Gasteiger partial charge in [0.1, 0.15) is 11.6 Å². The van der Waals surface area contributed by atoms with Crippen LogP contribution in [0.1, 0.15) is 53.9 Å². The number of piperidine rings is 1. The predicted octanol–water partition coefficient (Wildman–Crippen LogP) is 3.11. The zero-order chi connectivity index (χ0) is 17.8. The molecule has 1 aliphatic rings. The minimum atomic E-state index is -0.0299. The summed E-state index contributed by atoms with van der Waals surface area (Å²) in [6.45, 7) is 3.57. The molecule has 2 aromatic rings. The Morgan fingerprint density at radius 2 is 2.24 bits per heavy atom. The summed E-state index contributed by atoms with van der Waals surface area (Å²) in [5.74, 6) is 2.03. The number of hydrogen-bond acceptors (Lipinski definition) is 5. The molecule has 0 N–H and O–H groups in total. The number of carbonyl (C=O) groups excluding carboxylic acids is 1. The van der Waals surface area contributed by atoms with Gasteiger partial charge in [-0.3, -0.25) is 4.79 Å². The SMILES string of the molecule is CCCc1cc(C(=O)N2CCC[C@H](c3ccnc(N(C)C)c3)C2)no1. The van der Waals surface area contributed by atoms with Gasteiger partial charge in [0.05, 0.1) is 0 Å². The van der Waals surface area contributed by atoms with Gasteiger partial charge in [0, 0.05) is 51.8 Å². The van der Waals surface area contributed by atoms with Crippen LogP contribution in [0.4, 0.5) is 5.82 Å². The number of anilines is 1. The first-order valence-electron chi connectivity index (χ1n) is 8.96. The number of amides is 1. The molecule has 0 unspecified atom stereocenters. The predicted molar refractivity (Wildman–Crippen MR) is 96.9 cm³/mol. The number of aryl methyl sites for hydroxylation is 1. The first-order chi connectivity index (χ1) is 12.1. The van der Waals surface area contributed by atoms with E-state index in [0.717, 1.165) is 43.8 Å². The fraction of sp³-hybridized carbons (Fsp3) is 0.526. The lowest BCUT2D eigenvalue weighted by Crippen LogP contribution is -2.39. The van der Waals surface area contributed by atoms with E-state index in [1.807, 2.05) is 30.1 Å². The van der Waals surface area contributed by atoms with E-state index in [1.165, 1.54) is 5.56 Å². The molecule has 0 saturated carbocycles. The van der Waals surface area contributed by atoms with Gasteiger partial charge in [0.15, 0.2) is 5.69 Å². The van der Waals surface area contributed by atoms with Crippen LogP contribution in [0.5, 0.6) is 0 Å². The molecular formula is C19H26N4O2. The van der Waals surface area contributed by atoms with E-state index >= 15 is 0 Å². The molecule has 1 saturated heterocycles. The highest BCUT2D eigenvalue weighted by molar-refractivity contribution is 5.92.